The zero-order chi connectivity index (χ0) is 18.8. The fourth-order valence-corrected chi connectivity index (χ4v) is 3.61. The van der Waals surface area contributed by atoms with Crippen LogP contribution in [0.2, 0.25) is 0 Å². The highest BCUT2D eigenvalue weighted by molar-refractivity contribution is 6.04. The van der Waals surface area contributed by atoms with E-state index in [1.54, 1.807) is 0 Å². The summed E-state index contributed by atoms with van der Waals surface area (Å²) in [5.41, 5.74) is 3.11. The summed E-state index contributed by atoms with van der Waals surface area (Å²) in [5, 5.41) is 13.8. The van der Waals surface area contributed by atoms with Gasteiger partial charge in [-0.15, -0.1) is 0 Å². The standard InChI is InChI=1S/C19H25F3N2O/c1-16(2,3)11-8-13(12-6-7-17(4,5)14(12)9-11)15-10-18(25,24-23-15)19(20,21)22/h8-9,24-25H,6-7,10H2,1-5H3. The lowest BCUT2D eigenvalue weighted by atomic mass is 9.79. The van der Waals surface area contributed by atoms with Gasteiger partial charge in [-0.25, -0.2) is 0 Å². The van der Waals surface area contributed by atoms with Crippen molar-refractivity contribution in [2.24, 2.45) is 5.10 Å². The van der Waals surface area contributed by atoms with Crippen LogP contribution in [0.5, 0.6) is 0 Å². The molecule has 1 atom stereocenters. The van der Waals surface area contributed by atoms with Gasteiger partial charge in [-0.2, -0.15) is 18.3 Å². The second kappa shape index (κ2) is 5.22. The second-order valence-corrected chi connectivity index (χ2v) is 8.89. The van der Waals surface area contributed by atoms with Gasteiger partial charge in [-0.05, 0) is 46.4 Å². The maximum absolute atomic E-state index is 13.1. The third-order valence-corrected chi connectivity index (χ3v) is 5.42. The lowest BCUT2D eigenvalue weighted by molar-refractivity contribution is -0.266. The predicted molar refractivity (Wildman–Crippen MR) is 91.8 cm³/mol. The van der Waals surface area contributed by atoms with Crippen LogP contribution in [-0.4, -0.2) is 22.7 Å². The number of benzene rings is 1. The number of hydrazone groups is 1. The van der Waals surface area contributed by atoms with Gasteiger partial charge in [-0.1, -0.05) is 40.7 Å². The minimum Gasteiger partial charge on any atom is -0.362 e. The van der Waals surface area contributed by atoms with Crippen molar-refractivity contribution in [3.05, 3.63) is 34.4 Å². The molecule has 1 aliphatic heterocycles. The lowest BCUT2D eigenvalue weighted by Crippen LogP contribution is -2.52. The summed E-state index contributed by atoms with van der Waals surface area (Å²) < 4.78 is 39.3. The van der Waals surface area contributed by atoms with Crippen molar-refractivity contribution in [2.45, 2.75) is 76.6 Å². The molecule has 1 unspecified atom stereocenters. The van der Waals surface area contributed by atoms with E-state index in [0.29, 0.717) is 0 Å². The Morgan fingerprint density at radius 3 is 2.32 bits per heavy atom. The first kappa shape index (κ1) is 18.2. The molecular formula is C19H25F3N2O. The molecule has 0 aromatic heterocycles. The molecule has 1 heterocycles. The first-order valence-electron chi connectivity index (χ1n) is 8.56. The van der Waals surface area contributed by atoms with Crippen molar-refractivity contribution in [3.8, 4) is 0 Å². The van der Waals surface area contributed by atoms with E-state index in [1.807, 2.05) is 11.5 Å². The van der Waals surface area contributed by atoms with E-state index in [4.69, 9.17) is 0 Å². The van der Waals surface area contributed by atoms with Crippen LogP contribution >= 0.6 is 0 Å². The van der Waals surface area contributed by atoms with Crippen LogP contribution in [0.15, 0.2) is 17.2 Å². The molecule has 0 bridgehead atoms. The molecule has 0 fully saturated rings. The van der Waals surface area contributed by atoms with Gasteiger partial charge in [0.05, 0.1) is 12.1 Å². The monoisotopic (exact) mass is 354 g/mol. The highest BCUT2D eigenvalue weighted by Gasteiger charge is 2.57. The third-order valence-electron chi connectivity index (χ3n) is 5.42. The molecule has 3 rings (SSSR count). The normalized spacial score (nSPS) is 25.6. The molecule has 1 aromatic rings. The minimum atomic E-state index is -4.78. The number of nitrogens with zero attached hydrogens (tertiary/aromatic N) is 1. The number of aliphatic hydroxyl groups is 1. The Morgan fingerprint density at radius 2 is 1.80 bits per heavy atom. The SMILES string of the molecule is CC(C)(C)c1cc(C2=NNC(O)(C(F)(F)F)C2)c2c(c1)C(C)(C)CC2. The zero-order valence-electron chi connectivity index (χ0n) is 15.3. The first-order chi connectivity index (χ1) is 11.2. The number of fused-ring (bicyclic) bond motifs is 1. The Balaban J connectivity index is 2.11. The fourth-order valence-electron chi connectivity index (χ4n) is 3.61. The quantitative estimate of drug-likeness (QED) is 0.795. The maximum atomic E-state index is 13.1. The Morgan fingerprint density at radius 1 is 1.16 bits per heavy atom. The van der Waals surface area contributed by atoms with E-state index in [1.165, 1.54) is 5.56 Å². The molecule has 0 saturated heterocycles. The minimum absolute atomic E-state index is 0.0156. The molecule has 1 aromatic carbocycles. The van der Waals surface area contributed by atoms with Crippen LogP contribution in [-0.2, 0) is 17.3 Å². The fraction of sp³-hybridized carbons (Fsp3) is 0.632. The maximum Gasteiger partial charge on any atom is 0.438 e. The largest absolute Gasteiger partial charge is 0.438 e. The highest BCUT2D eigenvalue weighted by atomic mass is 19.4. The number of halogens is 3. The van der Waals surface area contributed by atoms with Crippen molar-refractivity contribution in [1.82, 2.24) is 5.43 Å². The van der Waals surface area contributed by atoms with E-state index in [-0.39, 0.29) is 16.5 Å². The molecule has 25 heavy (non-hydrogen) atoms. The first-order valence-corrected chi connectivity index (χ1v) is 8.56. The summed E-state index contributed by atoms with van der Waals surface area (Å²) >= 11 is 0. The van der Waals surface area contributed by atoms with Crippen molar-refractivity contribution in [1.29, 1.82) is 0 Å². The molecule has 2 N–H and O–H groups in total. The summed E-state index contributed by atoms with van der Waals surface area (Å²) in [4.78, 5) is 0. The third kappa shape index (κ3) is 2.94. The van der Waals surface area contributed by atoms with Gasteiger partial charge in [-0.3, -0.25) is 5.43 Å². The second-order valence-electron chi connectivity index (χ2n) is 8.89. The van der Waals surface area contributed by atoms with Crippen LogP contribution in [0.3, 0.4) is 0 Å². The summed E-state index contributed by atoms with van der Waals surface area (Å²) in [6, 6.07) is 4.13. The van der Waals surface area contributed by atoms with Gasteiger partial charge >= 0.3 is 6.18 Å². The molecule has 0 radical (unpaired) electrons. The average molecular weight is 354 g/mol. The molecule has 138 valence electrons. The number of hydrogen-bond donors (Lipinski definition) is 2. The van der Waals surface area contributed by atoms with Crippen LogP contribution in [0.1, 0.15) is 69.7 Å². The highest BCUT2D eigenvalue weighted by Crippen LogP contribution is 2.44. The Kier molecular flexibility index (Phi) is 3.81. The van der Waals surface area contributed by atoms with E-state index >= 15 is 0 Å². The van der Waals surface area contributed by atoms with Crippen LogP contribution in [0, 0.1) is 0 Å². The van der Waals surface area contributed by atoms with Crippen LogP contribution in [0.25, 0.3) is 0 Å². The van der Waals surface area contributed by atoms with E-state index in [0.717, 1.165) is 29.5 Å². The molecule has 0 amide bonds. The number of alkyl halides is 3. The molecule has 6 heteroatoms. The molecule has 1 aliphatic carbocycles. The van der Waals surface area contributed by atoms with Gasteiger partial charge in [0, 0.05) is 5.56 Å². The van der Waals surface area contributed by atoms with Gasteiger partial charge in [0.1, 0.15) is 0 Å². The van der Waals surface area contributed by atoms with Gasteiger partial charge in [0.15, 0.2) is 0 Å². The molecule has 0 saturated carbocycles. The predicted octanol–water partition coefficient (Wildman–Crippen LogP) is 4.16. The Labute approximate surface area is 146 Å². The lowest BCUT2D eigenvalue weighted by Gasteiger charge is -2.27. The van der Waals surface area contributed by atoms with Crippen molar-refractivity contribution in [2.75, 3.05) is 0 Å². The number of hydrogen-bond acceptors (Lipinski definition) is 3. The average Bonchev–Trinajstić information content (AvgIpc) is 2.99. The Bertz CT molecular complexity index is 744. The van der Waals surface area contributed by atoms with Crippen LogP contribution in [0.4, 0.5) is 13.2 Å². The summed E-state index contributed by atoms with van der Waals surface area (Å²) in [7, 11) is 0. The van der Waals surface area contributed by atoms with Crippen LogP contribution < -0.4 is 5.43 Å². The van der Waals surface area contributed by atoms with Gasteiger partial charge in [0.2, 0.25) is 0 Å². The summed E-state index contributed by atoms with van der Waals surface area (Å²) in [5.74, 6) is 0. The molecule has 0 spiro atoms. The molecular weight excluding hydrogens is 329 g/mol. The van der Waals surface area contributed by atoms with E-state index < -0.39 is 18.3 Å². The smallest absolute Gasteiger partial charge is 0.362 e. The summed E-state index contributed by atoms with van der Waals surface area (Å²) in [6.45, 7) is 10.6. The summed E-state index contributed by atoms with van der Waals surface area (Å²) in [6.07, 6.45) is -3.59. The van der Waals surface area contributed by atoms with Gasteiger partial charge < -0.3 is 5.11 Å². The van der Waals surface area contributed by atoms with Crippen molar-refractivity contribution < 1.29 is 18.3 Å². The topological polar surface area (TPSA) is 44.6 Å². The van der Waals surface area contributed by atoms with E-state index in [2.05, 4.69) is 45.8 Å². The zero-order valence-corrected chi connectivity index (χ0v) is 15.3. The number of nitrogens with one attached hydrogen (secondary N) is 1. The Hall–Kier alpha value is -1.56. The van der Waals surface area contributed by atoms with Crippen molar-refractivity contribution >= 4 is 5.71 Å². The molecule has 3 nitrogen and oxygen atoms in total. The van der Waals surface area contributed by atoms with E-state index in [9.17, 15) is 18.3 Å². The number of rotatable bonds is 1. The van der Waals surface area contributed by atoms with Gasteiger partial charge in [0.25, 0.3) is 5.72 Å². The van der Waals surface area contributed by atoms with Crippen molar-refractivity contribution in [3.63, 3.8) is 0 Å². The molecule has 2 aliphatic rings.